The van der Waals surface area contributed by atoms with Crippen LogP contribution in [0.3, 0.4) is 0 Å². The summed E-state index contributed by atoms with van der Waals surface area (Å²) in [7, 11) is 0.753. The van der Waals surface area contributed by atoms with Gasteiger partial charge in [0.25, 0.3) is 0 Å². The Hall–Kier alpha value is -1.13. The summed E-state index contributed by atoms with van der Waals surface area (Å²) >= 11 is 0. The molecule has 1 heteroatoms. The van der Waals surface area contributed by atoms with E-state index in [0.717, 1.165) is 8.58 Å². The van der Waals surface area contributed by atoms with E-state index < -0.39 is 0 Å². The molecule has 0 aliphatic heterocycles. The van der Waals surface area contributed by atoms with Gasteiger partial charge in [-0.1, -0.05) is 62.7 Å². The van der Waals surface area contributed by atoms with Gasteiger partial charge < -0.3 is 0 Å². The zero-order chi connectivity index (χ0) is 9.80. The summed E-state index contributed by atoms with van der Waals surface area (Å²) in [6.07, 6.45) is 0. The van der Waals surface area contributed by atoms with Gasteiger partial charge in [-0.05, 0) is 23.6 Å². The van der Waals surface area contributed by atoms with Gasteiger partial charge in [0.05, 0.1) is 0 Å². The van der Waals surface area contributed by atoms with Crippen molar-refractivity contribution < 1.29 is 0 Å². The lowest BCUT2D eigenvalue weighted by Crippen LogP contribution is -2.02. The predicted molar refractivity (Wildman–Crippen MR) is 64.0 cm³/mol. The number of aryl methyl sites for hydroxylation is 1. The molecule has 0 saturated heterocycles. The maximum Gasteiger partial charge on any atom is -0.0184 e. The van der Waals surface area contributed by atoms with Gasteiger partial charge in [0.15, 0.2) is 0 Å². The lowest BCUT2D eigenvalue weighted by atomic mass is 10.2. The molecule has 0 amide bonds. The number of rotatable bonds is 2. The Bertz CT molecular complexity index is 389. The SMILES string of the molecule is Cc1ccc(Pc2cc[c]cc2)cc1. The molecule has 0 fully saturated rings. The summed E-state index contributed by atoms with van der Waals surface area (Å²) in [5.74, 6) is 0. The zero-order valence-electron chi connectivity index (χ0n) is 8.12. The Morgan fingerprint density at radius 2 is 1.43 bits per heavy atom. The summed E-state index contributed by atoms with van der Waals surface area (Å²) in [6, 6.07) is 19.9. The predicted octanol–water partition coefficient (Wildman–Crippen LogP) is 2.42. The van der Waals surface area contributed by atoms with Gasteiger partial charge in [-0.3, -0.25) is 0 Å². The smallest absolute Gasteiger partial charge is 0.0184 e. The minimum atomic E-state index is 0.753. The second-order valence-electron chi connectivity index (χ2n) is 3.28. The highest BCUT2D eigenvalue weighted by atomic mass is 31.1. The van der Waals surface area contributed by atoms with Crippen LogP contribution in [0.15, 0.2) is 48.5 Å². The Morgan fingerprint density at radius 1 is 0.857 bits per heavy atom. The van der Waals surface area contributed by atoms with E-state index in [2.05, 4.69) is 49.4 Å². The van der Waals surface area contributed by atoms with Crippen molar-refractivity contribution in [2.24, 2.45) is 0 Å². The van der Waals surface area contributed by atoms with Gasteiger partial charge in [0, 0.05) is 0 Å². The van der Waals surface area contributed by atoms with E-state index in [0.29, 0.717) is 0 Å². The molecule has 0 N–H and O–H groups in total. The van der Waals surface area contributed by atoms with Crippen LogP contribution < -0.4 is 10.6 Å². The van der Waals surface area contributed by atoms with Crippen molar-refractivity contribution in [2.75, 3.05) is 0 Å². The van der Waals surface area contributed by atoms with Crippen molar-refractivity contribution in [3.05, 3.63) is 60.2 Å². The normalized spacial score (nSPS) is 10.9. The molecular formula is C13H12P. The number of hydrogen-bond donors (Lipinski definition) is 0. The molecule has 2 aromatic rings. The molecule has 0 aromatic heterocycles. The maximum atomic E-state index is 3.03. The molecule has 0 nitrogen and oxygen atoms in total. The molecule has 2 rings (SSSR count). The van der Waals surface area contributed by atoms with E-state index in [9.17, 15) is 0 Å². The lowest BCUT2D eigenvalue weighted by Gasteiger charge is -2.01. The largest absolute Gasteiger partial charge is 0.0591 e. The molecule has 1 radical (unpaired) electrons. The first-order valence-electron chi connectivity index (χ1n) is 4.64. The van der Waals surface area contributed by atoms with E-state index in [-0.39, 0.29) is 0 Å². The van der Waals surface area contributed by atoms with Crippen molar-refractivity contribution in [2.45, 2.75) is 6.92 Å². The average Bonchev–Trinajstić information content (AvgIpc) is 2.23. The van der Waals surface area contributed by atoms with E-state index >= 15 is 0 Å². The van der Waals surface area contributed by atoms with Crippen LogP contribution in [-0.4, -0.2) is 0 Å². The first-order chi connectivity index (χ1) is 6.84. The maximum absolute atomic E-state index is 3.03. The third-order valence-electron chi connectivity index (χ3n) is 2.06. The Kier molecular flexibility index (Phi) is 2.96. The highest BCUT2D eigenvalue weighted by molar-refractivity contribution is 7.55. The van der Waals surface area contributed by atoms with E-state index in [1.54, 1.807) is 0 Å². The van der Waals surface area contributed by atoms with Crippen LogP contribution >= 0.6 is 8.58 Å². The Morgan fingerprint density at radius 3 is 2.07 bits per heavy atom. The minimum Gasteiger partial charge on any atom is -0.0591 e. The molecule has 0 spiro atoms. The fourth-order valence-corrected chi connectivity index (χ4v) is 2.27. The van der Waals surface area contributed by atoms with Gasteiger partial charge in [0.2, 0.25) is 0 Å². The first kappa shape index (κ1) is 9.43. The summed E-state index contributed by atoms with van der Waals surface area (Å²) in [5.41, 5.74) is 1.32. The van der Waals surface area contributed by atoms with E-state index in [1.807, 2.05) is 12.1 Å². The number of benzene rings is 2. The van der Waals surface area contributed by atoms with E-state index in [1.165, 1.54) is 16.2 Å². The third-order valence-corrected chi connectivity index (χ3v) is 3.30. The topological polar surface area (TPSA) is 0 Å². The van der Waals surface area contributed by atoms with Crippen LogP contribution in [0.4, 0.5) is 0 Å². The first-order valence-corrected chi connectivity index (χ1v) is 5.64. The second-order valence-corrected chi connectivity index (χ2v) is 4.68. The van der Waals surface area contributed by atoms with Crippen LogP contribution in [0.5, 0.6) is 0 Å². The van der Waals surface area contributed by atoms with Crippen molar-refractivity contribution in [1.29, 1.82) is 0 Å². The molecule has 14 heavy (non-hydrogen) atoms. The molecule has 2 aromatic carbocycles. The van der Waals surface area contributed by atoms with Crippen LogP contribution in [0.1, 0.15) is 5.56 Å². The van der Waals surface area contributed by atoms with Crippen LogP contribution in [0.25, 0.3) is 0 Å². The molecule has 0 aliphatic rings. The van der Waals surface area contributed by atoms with Crippen molar-refractivity contribution in [3.8, 4) is 0 Å². The van der Waals surface area contributed by atoms with Gasteiger partial charge in [-0.15, -0.1) is 0 Å². The minimum absolute atomic E-state index is 0.753. The van der Waals surface area contributed by atoms with Crippen molar-refractivity contribution in [3.63, 3.8) is 0 Å². The monoisotopic (exact) mass is 199 g/mol. The molecule has 0 bridgehead atoms. The molecule has 0 heterocycles. The third kappa shape index (κ3) is 2.43. The molecule has 0 aliphatic carbocycles. The summed E-state index contributed by atoms with van der Waals surface area (Å²) in [5, 5.41) is 2.76. The van der Waals surface area contributed by atoms with E-state index in [4.69, 9.17) is 0 Å². The van der Waals surface area contributed by atoms with Gasteiger partial charge >= 0.3 is 0 Å². The molecule has 1 unspecified atom stereocenters. The standard InChI is InChI=1S/C13H12P/c1-11-7-9-13(10-8-11)14-12-5-3-2-4-6-12/h3-10,14H,1H3. The van der Waals surface area contributed by atoms with Crippen molar-refractivity contribution in [1.82, 2.24) is 0 Å². The lowest BCUT2D eigenvalue weighted by molar-refractivity contribution is 1.49. The number of hydrogen-bond acceptors (Lipinski definition) is 0. The highest BCUT2D eigenvalue weighted by Crippen LogP contribution is 2.10. The molecular weight excluding hydrogens is 187 g/mol. The van der Waals surface area contributed by atoms with Gasteiger partial charge in [-0.25, -0.2) is 0 Å². The Labute approximate surface area is 86.8 Å². The van der Waals surface area contributed by atoms with Crippen molar-refractivity contribution >= 4 is 19.2 Å². The summed E-state index contributed by atoms with van der Waals surface area (Å²) < 4.78 is 0. The second kappa shape index (κ2) is 4.39. The van der Waals surface area contributed by atoms with Gasteiger partial charge in [-0.2, -0.15) is 0 Å². The van der Waals surface area contributed by atoms with Crippen LogP contribution in [-0.2, 0) is 0 Å². The van der Waals surface area contributed by atoms with Gasteiger partial charge in [0.1, 0.15) is 0 Å². The molecule has 0 saturated carbocycles. The molecule has 1 atom stereocenters. The van der Waals surface area contributed by atoms with Crippen LogP contribution in [0, 0.1) is 13.0 Å². The zero-order valence-corrected chi connectivity index (χ0v) is 9.12. The van der Waals surface area contributed by atoms with Crippen LogP contribution in [0.2, 0.25) is 0 Å². The molecule has 69 valence electrons. The summed E-state index contributed by atoms with van der Waals surface area (Å²) in [6.45, 7) is 2.12. The fraction of sp³-hybridized carbons (Fsp3) is 0.0769. The average molecular weight is 199 g/mol. The highest BCUT2D eigenvalue weighted by Gasteiger charge is 1.94. The Balaban J connectivity index is 2.16. The summed E-state index contributed by atoms with van der Waals surface area (Å²) in [4.78, 5) is 0. The fourth-order valence-electron chi connectivity index (χ4n) is 1.27. The quantitative estimate of drug-likeness (QED) is 0.651.